The molecule has 0 saturated carbocycles. The minimum absolute atomic E-state index is 0.200. The van der Waals surface area contributed by atoms with E-state index in [9.17, 15) is 18.0 Å². The fourth-order valence-electron chi connectivity index (χ4n) is 1.89. The van der Waals surface area contributed by atoms with E-state index in [0.717, 1.165) is 22.6 Å². The van der Waals surface area contributed by atoms with Crippen molar-refractivity contribution < 1.29 is 18.0 Å². The second kappa shape index (κ2) is 4.94. The number of alkyl halides is 3. The smallest absolute Gasteiger partial charge is 0.390 e. The number of thiophene rings is 1. The molecule has 0 aliphatic carbocycles. The van der Waals surface area contributed by atoms with Gasteiger partial charge in [0.15, 0.2) is 5.78 Å². The second-order valence-corrected chi connectivity index (χ2v) is 5.68. The van der Waals surface area contributed by atoms with Gasteiger partial charge in [0.1, 0.15) is 0 Å². The first-order chi connectivity index (χ1) is 9.21. The fourth-order valence-corrected chi connectivity index (χ4v) is 2.82. The van der Waals surface area contributed by atoms with Crippen molar-refractivity contribution in [2.75, 3.05) is 5.73 Å². The Morgan fingerprint density at radius 2 is 1.70 bits per heavy atom. The van der Waals surface area contributed by atoms with Gasteiger partial charge in [-0.25, -0.2) is 0 Å². The summed E-state index contributed by atoms with van der Waals surface area (Å²) in [7, 11) is 0. The number of hydrogen-bond acceptors (Lipinski definition) is 3. The second-order valence-electron chi connectivity index (χ2n) is 4.43. The molecule has 0 saturated heterocycles. The molecule has 2 aromatic rings. The summed E-state index contributed by atoms with van der Waals surface area (Å²) in [6.07, 6.45) is -4.41. The van der Waals surface area contributed by atoms with Crippen molar-refractivity contribution in [3.05, 3.63) is 51.4 Å². The zero-order valence-corrected chi connectivity index (χ0v) is 11.7. The maximum Gasteiger partial charge on any atom is 0.416 e. The van der Waals surface area contributed by atoms with Gasteiger partial charge >= 0.3 is 6.18 Å². The van der Waals surface area contributed by atoms with Crippen LogP contribution in [0.25, 0.3) is 0 Å². The highest BCUT2D eigenvalue weighted by molar-refractivity contribution is 7.16. The van der Waals surface area contributed by atoms with Crippen molar-refractivity contribution in [2.24, 2.45) is 0 Å². The maximum atomic E-state index is 12.5. The Morgan fingerprint density at radius 1 is 1.15 bits per heavy atom. The zero-order chi connectivity index (χ0) is 15.1. The van der Waals surface area contributed by atoms with E-state index in [4.69, 9.17) is 5.73 Å². The fraction of sp³-hybridized carbons (Fsp3) is 0.214. The molecule has 0 unspecified atom stereocenters. The lowest BCUT2D eigenvalue weighted by atomic mass is 10.00. The van der Waals surface area contributed by atoms with Crippen molar-refractivity contribution in [2.45, 2.75) is 20.0 Å². The van der Waals surface area contributed by atoms with Crippen LogP contribution in [0.15, 0.2) is 24.3 Å². The van der Waals surface area contributed by atoms with Crippen LogP contribution in [0.5, 0.6) is 0 Å². The molecule has 0 amide bonds. The molecule has 6 heteroatoms. The number of benzene rings is 1. The van der Waals surface area contributed by atoms with E-state index in [1.54, 1.807) is 6.92 Å². The van der Waals surface area contributed by atoms with Gasteiger partial charge in [0, 0.05) is 10.4 Å². The van der Waals surface area contributed by atoms with Gasteiger partial charge in [-0.3, -0.25) is 4.79 Å². The van der Waals surface area contributed by atoms with Crippen LogP contribution in [-0.4, -0.2) is 5.78 Å². The molecule has 0 fully saturated rings. The summed E-state index contributed by atoms with van der Waals surface area (Å²) in [5, 5.41) is 0.393. The normalized spacial score (nSPS) is 11.7. The monoisotopic (exact) mass is 299 g/mol. The number of carbonyl (C=O) groups excluding carboxylic acids is 1. The third kappa shape index (κ3) is 2.56. The number of hydrogen-bond donors (Lipinski definition) is 1. The van der Waals surface area contributed by atoms with Gasteiger partial charge in [-0.1, -0.05) is 12.1 Å². The van der Waals surface area contributed by atoms with Crippen molar-refractivity contribution in [3.8, 4) is 0 Å². The molecule has 2 rings (SSSR count). The molecule has 1 aromatic carbocycles. The van der Waals surface area contributed by atoms with E-state index in [2.05, 4.69) is 0 Å². The average molecular weight is 299 g/mol. The Hall–Kier alpha value is -1.82. The summed E-state index contributed by atoms with van der Waals surface area (Å²) < 4.78 is 37.4. The largest absolute Gasteiger partial charge is 0.416 e. The van der Waals surface area contributed by atoms with E-state index in [1.807, 2.05) is 6.92 Å². The number of rotatable bonds is 2. The Balaban J connectivity index is 2.39. The minimum atomic E-state index is -4.41. The number of nitrogens with two attached hydrogens (primary N) is 1. The minimum Gasteiger partial charge on any atom is -0.390 e. The van der Waals surface area contributed by atoms with Gasteiger partial charge < -0.3 is 5.73 Å². The molecule has 0 aliphatic rings. The van der Waals surface area contributed by atoms with E-state index in [1.165, 1.54) is 23.5 Å². The number of anilines is 1. The first kappa shape index (κ1) is 14.6. The molecular formula is C14H12F3NOS. The van der Waals surface area contributed by atoms with Crippen molar-refractivity contribution in [3.63, 3.8) is 0 Å². The molecule has 0 spiro atoms. The topological polar surface area (TPSA) is 43.1 Å². The maximum absolute atomic E-state index is 12.5. The molecule has 0 atom stereocenters. The molecule has 2 N–H and O–H groups in total. The van der Waals surface area contributed by atoms with E-state index in [0.29, 0.717) is 10.6 Å². The highest BCUT2D eigenvalue weighted by Gasteiger charge is 2.30. The van der Waals surface area contributed by atoms with Crippen LogP contribution in [0.2, 0.25) is 0 Å². The third-order valence-corrected chi connectivity index (χ3v) is 4.15. The van der Waals surface area contributed by atoms with Crippen molar-refractivity contribution >= 4 is 22.1 Å². The molecule has 0 bridgehead atoms. The summed E-state index contributed by atoms with van der Waals surface area (Å²) in [5.74, 6) is -0.349. The van der Waals surface area contributed by atoms with E-state index < -0.39 is 11.7 Å². The SMILES string of the molecule is Cc1sc(N)c(C(=O)c2ccc(C(F)(F)F)cc2)c1C. The first-order valence-electron chi connectivity index (χ1n) is 5.79. The lowest BCUT2D eigenvalue weighted by Crippen LogP contribution is -2.08. The summed E-state index contributed by atoms with van der Waals surface area (Å²) in [4.78, 5) is 13.2. The first-order valence-corrected chi connectivity index (χ1v) is 6.61. The van der Waals surface area contributed by atoms with Crippen molar-refractivity contribution in [1.82, 2.24) is 0 Å². The third-order valence-electron chi connectivity index (χ3n) is 3.11. The number of halogens is 3. The van der Waals surface area contributed by atoms with Gasteiger partial charge in [-0.05, 0) is 31.5 Å². The van der Waals surface area contributed by atoms with Crippen LogP contribution in [0, 0.1) is 13.8 Å². The van der Waals surface area contributed by atoms with Crippen molar-refractivity contribution in [1.29, 1.82) is 0 Å². The number of ketones is 1. The molecule has 1 heterocycles. The molecule has 0 radical (unpaired) electrons. The standard InChI is InChI=1S/C14H12F3NOS/c1-7-8(2)20-13(18)11(7)12(19)9-3-5-10(6-4-9)14(15,16)17/h3-6H,18H2,1-2H3. The van der Waals surface area contributed by atoms with Gasteiger partial charge in [0.25, 0.3) is 0 Å². The van der Waals surface area contributed by atoms with Crippen LogP contribution in [0.3, 0.4) is 0 Å². The van der Waals surface area contributed by atoms with E-state index >= 15 is 0 Å². The summed E-state index contributed by atoms with van der Waals surface area (Å²) >= 11 is 1.30. The van der Waals surface area contributed by atoms with Gasteiger partial charge in [0.05, 0.1) is 16.1 Å². The number of aryl methyl sites for hydroxylation is 1. The molecule has 106 valence electrons. The van der Waals surface area contributed by atoms with Gasteiger partial charge in [-0.2, -0.15) is 13.2 Å². The Kier molecular flexibility index (Phi) is 3.60. The predicted molar refractivity (Wildman–Crippen MR) is 73.1 cm³/mol. The summed E-state index contributed by atoms with van der Waals surface area (Å²) in [5.41, 5.74) is 6.38. The van der Waals surface area contributed by atoms with Crippen LogP contribution in [0.1, 0.15) is 31.9 Å². The van der Waals surface area contributed by atoms with Crippen LogP contribution in [0.4, 0.5) is 18.2 Å². The van der Waals surface area contributed by atoms with Gasteiger partial charge in [-0.15, -0.1) is 11.3 Å². The summed E-state index contributed by atoms with van der Waals surface area (Å²) in [6.45, 7) is 3.62. The van der Waals surface area contributed by atoms with Crippen LogP contribution in [-0.2, 0) is 6.18 Å². The summed E-state index contributed by atoms with van der Waals surface area (Å²) in [6, 6.07) is 4.16. The number of nitrogen functional groups attached to an aromatic ring is 1. The lowest BCUT2D eigenvalue weighted by Gasteiger charge is -2.07. The zero-order valence-electron chi connectivity index (χ0n) is 10.8. The molecule has 0 aliphatic heterocycles. The molecule has 1 aromatic heterocycles. The molecular weight excluding hydrogens is 287 g/mol. The highest BCUT2D eigenvalue weighted by Crippen LogP contribution is 2.33. The molecule has 2 nitrogen and oxygen atoms in total. The van der Waals surface area contributed by atoms with Crippen LogP contribution >= 0.6 is 11.3 Å². The van der Waals surface area contributed by atoms with E-state index in [-0.39, 0.29) is 11.3 Å². The number of carbonyl (C=O) groups is 1. The quantitative estimate of drug-likeness (QED) is 0.845. The lowest BCUT2D eigenvalue weighted by molar-refractivity contribution is -0.137. The highest BCUT2D eigenvalue weighted by atomic mass is 32.1. The average Bonchev–Trinajstić information content (AvgIpc) is 2.62. The Labute approximate surface area is 118 Å². The predicted octanol–water partition coefficient (Wildman–Crippen LogP) is 4.20. The Morgan fingerprint density at radius 3 is 2.10 bits per heavy atom. The Bertz CT molecular complexity index is 656. The van der Waals surface area contributed by atoms with Gasteiger partial charge in [0.2, 0.25) is 0 Å². The molecule has 20 heavy (non-hydrogen) atoms. The van der Waals surface area contributed by atoms with Crippen LogP contribution < -0.4 is 5.73 Å².